The van der Waals surface area contributed by atoms with E-state index in [2.05, 4.69) is 33.0 Å². The largest absolute Gasteiger partial charge is 0.294 e. The highest BCUT2D eigenvalue weighted by atomic mass is 79.9. The fraction of sp³-hybridized carbons (Fsp3) is 0.250. The molecule has 106 valence electrons. The highest BCUT2D eigenvalue weighted by molar-refractivity contribution is 9.09. The minimum Gasteiger partial charge on any atom is -0.294 e. The second kappa shape index (κ2) is 7.77. The Bertz CT molecular complexity index is 547. The lowest BCUT2D eigenvalue weighted by atomic mass is 10.1. The van der Waals surface area contributed by atoms with Gasteiger partial charge in [0.1, 0.15) is 5.82 Å². The summed E-state index contributed by atoms with van der Waals surface area (Å²) in [6.07, 6.45) is 0. The third-order valence-corrected chi connectivity index (χ3v) is 3.72. The van der Waals surface area contributed by atoms with E-state index in [1.54, 1.807) is 18.2 Å². The van der Waals surface area contributed by atoms with Crippen LogP contribution in [0.25, 0.3) is 0 Å². The number of halogens is 3. The number of alkyl halides is 1. The van der Waals surface area contributed by atoms with Gasteiger partial charge in [0.15, 0.2) is 0 Å². The van der Waals surface area contributed by atoms with Gasteiger partial charge in [0.05, 0.1) is 5.02 Å². The summed E-state index contributed by atoms with van der Waals surface area (Å²) < 4.78 is 14.0. The lowest BCUT2D eigenvalue weighted by molar-refractivity contribution is 0.270. The summed E-state index contributed by atoms with van der Waals surface area (Å²) in [6, 6.07) is 15.3. The van der Waals surface area contributed by atoms with E-state index in [0.29, 0.717) is 12.1 Å². The quantitative estimate of drug-likeness (QED) is 0.667. The molecule has 0 N–H and O–H groups in total. The van der Waals surface area contributed by atoms with Crippen molar-refractivity contribution in [3.05, 3.63) is 70.5 Å². The van der Waals surface area contributed by atoms with Crippen LogP contribution in [0.2, 0.25) is 5.02 Å². The Labute approximate surface area is 132 Å². The summed E-state index contributed by atoms with van der Waals surface area (Å²) in [7, 11) is 0. The van der Waals surface area contributed by atoms with Gasteiger partial charge >= 0.3 is 0 Å². The number of rotatable bonds is 6. The fourth-order valence-corrected chi connectivity index (χ4v) is 2.78. The second-order valence-corrected chi connectivity index (χ2v) is 5.80. The van der Waals surface area contributed by atoms with Crippen molar-refractivity contribution in [2.45, 2.75) is 13.1 Å². The summed E-state index contributed by atoms with van der Waals surface area (Å²) in [6.45, 7) is 2.19. The van der Waals surface area contributed by atoms with Gasteiger partial charge in [-0.15, -0.1) is 0 Å². The van der Waals surface area contributed by atoms with Crippen molar-refractivity contribution in [1.82, 2.24) is 4.90 Å². The van der Waals surface area contributed by atoms with Crippen LogP contribution in [0.15, 0.2) is 48.5 Å². The molecule has 0 aliphatic carbocycles. The summed E-state index contributed by atoms with van der Waals surface area (Å²) in [4.78, 5) is 2.19. The first-order valence-electron chi connectivity index (χ1n) is 6.46. The summed E-state index contributed by atoms with van der Waals surface area (Å²) in [5, 5.41) is 1.03. The van der Waals surface area contributed by atoms with Gasteiger partial charge in [-0.25, -0.2) is 4.39 Å². The van der Waals surface area contributed by atoms with Gasteiger partial charge in [-0.1, -0.05) is 70.0 Å². The van der Waals surface area contributed by atoms with E-state index in [9.17, 15) is 4.39 Å². The standard InChI is InChI=1S/C16H16BrClFN/c17-9-10-20(11-13-5-2-1-3-6-13)12-14-7-4-8-15(18)16(14)19/h1-8H,9-12H2. The zero-order valence-corrected chi connectivity index (χ0v) is 13.4. The van der Waals surface area contributed by atoms with Gasteiger partial charge in [0.25, 0.3) is 0 Å². The maximum Gasteiger partial charge on any atom is 0.146 e. The Morgan fingerprint density at radius 2 is 1.75 bits per heavy atom. The van der Waals surface area contributed by atoms with E-state index in [1.807, 2.05) is 18.2 Å². The molecule has 0 atom stereocenters. The van der Waals surface area contributed by atoms with Crippen LogP contribution in [-0.2, 0) is 13.1 Å². The van der Waals surface area contributed by atoms with Gasteiger partial charge in [0.2, 0.25) is 0 Å². The summed E-state index contributed by atoms with van der Waals surface area (Å²) >= 11 is 9.28. The van der Waals surface area contributed by atoms with Gasteiger partial charge in [-0.3, -0.25) is 4.90 Å². The van der Waals surface area contributed by atoms with Gasteiger partial charge in [-0.05, 0) is 11.6 Å². The minimum absolute atomic E-state index is 0.181. The van der Waals surface area contributed by atoms with E-state index in [4.69, 9.17) is 11.6 Å². The molecule has 2 rings (SSSR count). The molecule has 0 saturated carbocycles. The van der Waals surface area contributed by atoms with Crippen LogP contribution in [0.5, 0.6) is 0 Å². The maximum absolute atomic E-state index is 14.0. The zero-order valence-electron chi connectivity index (χ0n) is 11.0. The average molecular weight is 357 g/mol. The SMILES string of the molecule is Fc1c(Cl)cccc1CN(CCBr)Cc1ccccc1. The zero-order chi connectivity index (χ0) is 14.4. The molecule has 2 aromatic rings. The van der Waals surface area contributed by atoms with Crippen LogP contribution < -0.4 is 0 Å². The summed E-state index contributed by atoms with van der Waals surface area (Å²) in [5.41, 5.74) is 1.85. The Hall–Kier alpha value is -0.900. The average Bonchev–Trinajstić information content (AvgIpc) is 2.45. The Morgan fingerprint density at radius 3 is 2.45 bits per heavy atom. The molecule has 20 heavy (non-hydrogen) atoms. The highest BCUT2D eigenvalue weighted by Gasteiger charge is 2.11. The highest BCUT2D eigenvalue weighted by Crippen LogP contribution is 2.20. The number of nitrogens with zero attached hydrogens (tertiary/aromatic N) is 1. The van der Waals surface area contributed by atoms with Gasteiger partial charge in [-0.2, -0.15) is 0 Å². The molecule has 0 spiro atoms. The third-order valence-electron chi connectivity index (χ3n) is 3.08. The third kappa shape index (κ3) is 4.30. The molecule has 0 radical (unpaired) electrons. The molecule has 0 fully saturated rings. The maximum atomic E-state index is 14.0. The number of hydrogen-bond donors (Lipinski definition) is 0. The van der Waals surface area contributed by atoms with E-state index in [-0.39, 0.29) is 10.8 Å². The molecule has 4 heteroatoms. The van der Waals surface area contributed by atoms with Crippen molar-refractivity contribution in [2.24, 2.45) is 0 Å². The van der Waals surface area contributed by atoms with Gasteiger partial charge in [0, 0.05) is 30.5 Å². The Kier molecular flexibility index (Phi) is 6.02. The van der Waals surface area contributed by atoms with Crippen molar-refractivity contribution >= 4 is 27.5 Å². The van der Waals surface area contributed by atoms with Crippen molar-refractivity contribution in [3.63, 3.8) is 0 Å². The van der Waals surface area contributed by atoms with Crippen molar-refractivity contribution < 1.29 is 4.39 Å². The predicted octanol–water partition coefficient (Wildman–Crippen LogP) is 4.88. The molecule has 0 aliphatic rings. The topological polar surface area (TPSA) is 3.24 Å². The second-order valence-electron chi connectivity index (χ2n) is 4.60. The van der Waals surface area contributed by atoms with Crippen LogP contribution in [-0.4, -0.2) is 16.8 Å². The molecule has 2 aromatic carbocycles. The first-order valence-corrected chi connectivity index (χ1v) is 7.96. The smallest absolute Gasteiger partial charge is 0.146 e. The molecular formula is C16H16BrClFN. The van der Waals surface area contributed by atoms with Crippen LogP contribution in [0.4, 0.5) is 4.39 Å². The van der Waals surface area contributed by atoms with Crippen LogP contribution in [0.3, 0.4) is 0 Å². The lowest BCUT2D eigenvalue weighted by Crippen LogP contribution is -2.25. The normalized spacial score (nSPS) is 11.0. The van der Waals surface area contributed by atoms with E-state index >= 15 is 0 Å². The van der Waals surface area contributed by atoms with Crippen LogP contribution in [0, 0.1) is 5.82 Å². The molecule has 0 heterocycles. The van der Waals surface area contributed by atoms with E-state index in [1.165, 1.54) is 5.56 Å². The fourth-order valence-electron chi connectivity index (χ4n) is 2.09. The minimum atomic E-state index is -0.318. The molecule has 0 unspecified atom stereocenters. The lowest BCUT2D eigenvalue weighted by Gasteiger charge is -2.22. The van der Waals surface area contributed by atoms with Gasteiger partial charge < -0.3 is 0 Å². The van der Waals surface area contributed by atoms with Crippen LogP contribution in [0.1, 0.15) is 11.1 Å². The van der Waals surface area contributed by atoms with Crippen molar-refractivity contribution in [2.75, 3.05) is 11.9 Å². The predicted molar refractivity (Wildman–Crippen MR) is 85.8 cm³/mol. The molecule has 0 aliphatic heterocycles. The molecule has 0 aromatic heterocycles. The Balaban J connectivity index is 2.11. The first kappa shape index (κ1) is 15.5. The molecular weight excluding hydrogens is 341 g/mol. The molecule has 0 bridgehead atoms. The number of hydrogen-bond acceptors (Lipinski definition) is 1. The number of benzene rings is 2. The molecule has 0 saturated heterocycles. The Morgan fingerprint density at radius 1 is 1.00 bits per heavy atom. The van der Waals surface area contributed by atoms with Crippen LogP contribution >= 0.6 is 27.5 Å². The van der Waals surface area contributed by atoms with E-state index < -0.39 is 0 Å². The monoisotopic (exact) mass is 355 g/mol. The first-order chi connectivity index (χ1) is 9.70. The molecule has 1 nitrogen and oxygen atoms in total. The van der Waals surface area contributed by atoms with E-state index in [0.717, 1.165) is 18.4 Å². The molecule has 0 amide bonds. The van der Waals surface area contributed by atoms with Crippen molar-refractivity contribution in [1.29, 1.82) is 0 Å². The summed E-state index contributed by atoms with van der Waals surface area (Å²) in [5.74, 6) is -0.318. The van der Waals surface area contributed by atoms with Crippen molar-refractivity contribution in [3.8, 4) is 0 Å².